The second-order valence-electron chi connectivity index (χ2n) is 13.7. The molecule has 7 nitrogen and oxygen atoms in total. The fourth-order valence-corrected chi connectivity index (χ4v) is 7.20. The first-order chi connectivity index (χ1) is 21.7. The maximum absolute atomic E-state index is 11.9. The van der Waals surface area contributed by atoms with E-state index in [1.807, 2.05) is 49.4 Å². The predicted molar refractivity (Wildman–Crippen MR) is 185 cm³/mol. The molecule has 242 valence electrons. The van der Waals surface area contributed by atoms with Gasteiger partial charge in [0.15, 0.2) is 0 Å². The van der Waals surface area contributed by atoms with Crippen molar-refractivity contribution in [3.8, 4) is 11.5 Å². The van der Waals surface area contributed by atoms with Crippen LogP contribution in [0.4, 0.5) is 4.79 Å². The first-order valence-corrected chi connectivity index (χ1v) is 17.2. The molecule has 2 atom stereocenters. The SMILES string of the molecule is Cc1oc(C(Sc2cc(C(C)(C)C)c(O)c(C(C)(C)C)c2)c2ccccc2)nc1CCOc1ccc(CC2NC(=O)SC2=O)cc1. The normalized spacial score (nSPS) is 16.0. The van der Waals surface area contributed by atoms with Gasteiger partial charge in [-0.15, -0.1) is 11.8 Å². The molecular weight excluding hydrogens is 617 g/mol. The van der Waals surface area contributed by atoms with Gasteiger partial charge in [0.05, 0.1) is 12.3 Å². The number of thioether (sulfide) groups is 2. The number of aromatic hydroxyl groups is 1. The summed E-state index contributed by atoms with van der Waals surface area (Å²) < 4.78 is 12.4. The number of aromatic nitrogens is 1. The highest BCUT2D eigenvalue weighted by Crippen LogP contribution is 2.46. The fraction of sp³-hybridized carbons (Fsp3) is 0.378. The van der Waals surface area contributed by atoms with Gasteiger partial charge in [-0.3, -0.25) is 9.59 Å². The maximum Gasteiger partial charge on any atom is 0.287 e. The standard InChI is InChI=1S/C37H42N2O5S2/c1-22-29(17-18-43-25-15-13-23(14-16-25)19-30-34(41)46-35(42)39-30)38-33(44-22)32(24-11-9-8-10-12-24)45-26-20-27(36(2,3)4)31(40)28(21-26)37(5,6)7/h8-16,20-21,30,32,40H,17-19H2,1-7H3,(H,39,42). The van der Waals surface area contributed by atoms with Gasteiger partial charge in [0, 0.05) is 40.6 Å². The van der Waals surface area contributed by atoms with Crippen LogP contribution < -0.4 is 10.1 Å². The Morgan fingerprint density at radius 2 is 1.61 bits per heavy atom. The lowest BCUT2D eigenvalue weighted by Crippen LogP contribution is -2.30. The summed E-state index contributed by atoms with van der Waals surface area (Å²) in [5.74, 6) is 2.47. The van der Waals surface area contributed by atoms with Gasteiger partial charge < -0.3 is 19.6 Å². The number of carbonyl (C=O) groups is 2. The van der Waals surface area contributed by atoms with Crippen LogP contribution in [0.15, 0.2) is 76.0 Å². The number of phenols is 1. The highest BCUT2D eigenvalue weighted by atomic mass is 32.2. The molecule has 3 aromatic carbocycles. The van der Waals surface area contributed by atoms with E-state index < -0.39 is 6.04 Å². The molecule has 1 aromatic heterocycles. The van der Waals surface area contributed by atoms with Crippen LogP contribution in [0, 0.1) is 6.92 Å². The molecule has 1 aliphatic rings. The van der Waals surface area contributed by atoms with E-state index in [0.717, 1.165) is 56.1 Å². The number of aryl methyl sites for hydroxylation is 1. The summed E-state index contributed by atoms with van der Waals surface area (Å²) in [5, 5.41) is 13.3. The lowest BCUT2D eigenvalue weighted by Gasteiger charge is -2.28. The molecule has 0 radical (unpaired) electrons. The number of ether oxygens (including phenoxy) is 1. The number of carbonyl (C=O) groups excluding carboxylic acids is 2. The second kappa shape index (κ2) is 13.6. The van der Waals surface area contributed by atoms with E-state index in [-0.39, 0.29) is 26.4 Å². The third-order valence-corrected chi connectivity index (χ3v) is 9.94. The summed E-state index contributed by atoms with van der Waals surface area (Å²) >= 11 is 2.40. The zero-order valence-corrected chi connectivity index (χ0v) is 29.1. The van der Waals surface area contributed by atoms with Crippen molar-refractivity contribution in [2.75, 3.05) is 6.61 Å². The molecule has 1 aliphatic heterocycles. The molecule has 2 heterocycles. The Bertz CT molecular complexity index is 1670. The minimum atomic E-state index is -0.485. The molecule has 0 aliphatic carbocycles. The topological polar surface area (TPSA) is 102 Å². The Hall–Kier alpha value is -3.69. The molecule has 1 fully saturated rings. The minimum absolute atomic E-state index is 0.145. The average Bonchev–Trinajstić information content (AvgIpc) is 3.51. The van der Waals surface area contributed by atoms with Crippen molar-refractivity contribution < 1.29 is 23.8 Å². The van der Waals surface area contributed by atoms with E-state index in [2.05, 4.69) is 71.1 Å². The number of oxazole rings is 1. The van der Waals surface area contributed by atoms with Crippen LogP contribution >= 0.6 is 23.5 Å². The van der Waals surface area contributed by atoms with E-state index in [9.17, 15) is 14.7 Å². The molecule has 9 heteroatoms. The van der Waals surface area contributed by atoms with E-state index in [4.69, 9.17) is 14.1 Å². The Kier molecular flexibility index (Phi) is 9.94. The van der Waals surface area contributed by atoms with Gasteiger partial charge in [0.1, 0.15) is 28.6 Å². The van der Waals surface area contributed by atoms with Crippen LogP contribution in [0.2, 0.25) is 0 Å². The number of amides is 1. The van der Waals surface area contributed by atoms with Gasteiger partial charge in [0.2, 0.25) is 11.0 Å². The smallest absolute Gasteiger partial charge is 0.287 e. The van der Waals surface area contributed by atoms with Crippen molar-refractivity contribution in [2.45, 2.75) is 88.3 Å². The number of rotatable bonds is 10. The quantitative estimate of drug-likeness (QED) is 0.163. The van der Waals surface area contributed by atoms with E-state index in [1.165, 1.54) is 0 Å². The monoisotopic (exact) mass is 658 g/mol. The number of hydrogen-bond donors (Lipinski definition) is 2. The van der Waals surface area contributed by atoms with Gasteiger partial charge in [0.25, 0.3) is 5.24 Å². The van der Waals surface area contributed by atoms with Crippen LogP contribution in [-0.4, -0.2) is 33.1 Å². The van der Waals surface area contributed by atoms with Crippen molar-refractivity contribution in [3.63, 3.8) is 0 Å². The number of benzene rings is 3. The molecule has 2 unspecified atom stereocenters. The lowest BCUT2D eigenvalue weighted by molar-refractivity contribution is -0.112. The van der Waals surface area contributed by atoms with E-state index in [0.29, 0.717) is 31.1 Å². The molecule has 0 bridgehead atoms. The molecular formula is C37H42N2O5S2. The van der Waals surface area contributed by atoms with Crippen molar-refractivity contribution in [1.29, 1.82) is 0 Å². The minimum Gasteiger partial charge on any atom is -0.507 e. The van der Waals surface area contributed by atoms with Crippen LogP contribution in [0.5, 0.6) is 11.5 Å². The summed E-state index contributed by atoms with van der Waals surface area (Å²) in [6.07, 6.45) is 1.03. The second-order valence-corrected chi connectivity index (χ2v) is 15.8. The molecule has 0 saturated carbocycles. The summed E-state index contributed by atoms with van der Waals surface area (Å²) in [7, 11) is 0. The number of hydrogen-bond acceptors (Lipinski definition) is 8. The molecule has 0 spiro atoms. The van der Waals surface area contributed by atoms with Crippen LogP contribution in [-0.2, 0) is 28.5 Å². The van der Waals surface area contributed by atoms with Crippen molar-refractivity contribution in [3.05, 3.63) is 106 Å². The summed E-state index contributed by atoms with van der Waals surface area (Å²) in [6, 6.07) is 21.5. The van der Waals surface area contributed by atoms with Gasteiger partial charge in [-0.05, 0) is 53.1 Å². The number of nitrogens with zero attached hydrogens (tertiary/aromatic N) is 1. The average molecular weight is 659 g/mol. The zero-order valence-electron chi connectivity index (χ0n) is 27.5. The Balaban J connectivity index is 1.32. The Labute approximate surface area is 279 Å². The summed E-state index contributed by atoms with van der Waals surface area (Å²) in [5.41, 5.74) is 4.24. The molecule has 46 heavy (non-hydrogen) atoms. The molecule has 1 saturated heterocycles. The maximum atomic E-state index is 11.9. The van der Waals surface area contributed by atoms with Gasteiger partial charge in [-0.25, -0.2) is 4.98 Å². The Morgan fingerprint density at radius 3 is 2.17 bits per heavy atom. The van der Waals surface area contributed by atoms with Crippen molar-refractivity contribution >= 4 is 33.9 Å². The molecule has 2 N–H and O–H groups in total. The highest BCUT2D eigenvalue weighted by molar-refractivity contribution is 8.26. The zero-order chi connectivity index (χ0) is 33.2. The molecule has 5 rings (SSSR count). The number of nitrogens with one attached hydrogen (secondary N) is 1. The summed E-state index contributed by atoms with van der Waals surface area (Å²) in [4.78, 5) is 29.4. The lowest BCUT2D eigenvalue weighted by atomic mass is 9.79. The fourth-order valence-electron chi connectivity index (χ4n) is 5.39. The largest absolute Gasteiger partial charge is 0.507 e. The van der Waals surface area contributed by atoms with Crippen LogP contribution in [0.1, 0.15) is 86.4 Å². The van der Waals surface area contributed by atoms with Crippen LogP contribution in [0.3, 0.4) is 0 Å². The van der Waals surface area contributed by atoms with E-state index in [1.54, 1.807) is 11.8 Å². The molecule has 1 amide bonds. The Morgan fingerprint density at radius 1 is 0.978 bits per heavy atom. The third kappa shape index (κ3) is 7.99. The summed E-state index contributed by atoms with van der Waals surface area (Å²) in [6.45, 7) is 15.1. The third-order valence-electron chi connectivity index (χ3n) is 7.93. The van der Waals surface area contributed by atoms with E-state index >= 15 is 0 Å². The first-order valence-electron chi connectivity index (χ1n) is 15.5. The number of phenolic OH excluding ortho intramolecular Hbond substituents is 1. The highest BCUT2D eigenvalue weighted by Gasteiger charge is 2.31. The molecule has 4 aromatic rings. The predicted octanol–water partition coefficient (Wildman–Crippen LogP) is 8.68. The van der Waals surface area contributed by atoms with Crippen molar-refractivity contribution in [2.24, 2.45) is 0 Å². The van der Waals surface area contributed by atoms with Gasteiger partial charge in [-0.1, -0.05) is 84.0 Å². The van der Waals surface area contributed by atoms with Crippen LogP contribution in [0.25, 0.3) is 0 Å². The van der Waals surface area contributed by atoms with Crippen molar-refractivity contribution in [1.82, 2.24) is 10.3 Å². The van der Waals surface area contributed by atoms with Gasteiger partial charge in [-0.2, -0.15) is 0 Å². The van der Waals surface area contributed by atoms with Gasteiger partial charge >= 0.3 is 0 Å². The first kappa shape index (κ1) is 33.7.